The number of nitrogens with zero attached hydrogens (tertiary/aromatic N) is 1. The fourth-order valence-electron chi connectivity index (χ4n) is 3.01. The Labute approximate surface area is 158 Å². The topological polar surface area (TPSA) is 63.7 Å². The Bertz CT molecular complexity index is 858. The molecule has 2 aromatic carbocycles. The van der Waals surface area contributed by atoms with E-state index in [9.17, 15) is 14.4 Å². The van der Waals surface area contributed by atoms with Gasteiger partial charge < -0.3 is 4.84 Å². The van der Waals surface area contributed by atoms with E-state index in [0.29, 0.717) is 11.5 Å². The van der Waals surface area contributed by atoms with Crippen LogP contribution in [0.1, 0.15) is 59.5 Å². The summed E-state index contributed by atoms with van der Waals surface area (Å²) in [7, 11) is 0. The van der Waals surface area contributed by atoms with Crippen LogP contribution in [-0.4, -0.2) is 22.8 Å². The molecule has 5 nitrogen and oxygen atoms in total. The van der Waals surface area contributed by atoms with Gasteiger partial charge in [-0.2, -0.15) is 0 Å². The molecule has 140 valence electrons. The van der Waals surface area contributed by atoms with Crippen LogP contribution in [0.5, 0.6) is 0 Å². The van der Waals surface area contributed by atoms with Crippen LogP contribution in [0.15, 0.2) is 48.5 Å². The van der Waals surface area contributed by atoms with E-state index in [1.807, 2.05) is 12.1 Å². The van der Waals surface area contributed by atoms with E-state index in [-0.39, 0.29) is 16.5 Å². The maximum absolute atomic E-state index is 12.4. The van der Waals surface area contributed by atoms with Gasteiger partial charge in [0.15, 0.2) is 0 Å². The molecule has 2 aromatic rings. The van der Waals surface area contributed by atoms with Gasteiger partial charge in [0, 0.05) is 0 Å². The molecule has 0 saturated heterocycles. The van der Waals surface area contributed by atoms with Crippen molar-refractivity contribution < 1.29 is 19.2 Å². The SMILES string of the molecule is CC(Cc1ccc(C(C)(C)C)cc1)C(=O)ON1C(=O)c2ccccc2C1=O. The van der Waals surface area contributed by atoms with Gasteiger partial charge in [-0.1, -0.05) is 69.2 Å². The van der Waals surface area contributed by atoms with Gasteiger partial charge in [0.05, 0.1) is 17.0 Å². The number of amides is 2. The van der Waals surface area contributed by atoms with Crippen LogP contribution in [0.25, 0.3) is 0 Å². The predicted molar refractivity (Wildman–Crippen MR) is 101 cm³/mol. The molecular weight excluding hydrogens is 342 g/mol. The van der Waals surface area contributed by atoms with Crippen molar-refractivity contribution in [3.8, 4) is 0 Å². The average molecular weight is 365 g/mol. The minimum atomic E-state index is -0.607. The zero-order valence-corrected chi connectivity index (χ0v) is 16.0. The molecule has 2 amide bonds. The van der Waals surface area contributed by atoms with Crippen LogP contribution in [0.4, 0.5) is 0 Å². The summed E-state index contributed by atoms with van der Waals surface area (Å²) in [6, 6.07) is 14.5. The van der Waals surface area contributed by atoms with Gasteiger partial charge in [0.2, 0.25) is 0 Å². The number of hydroxylamine groups is 2. The van der Waals surface area contributed by atoms with Gasteiger partial charge in [-0.05, 0) is 35.1 Å². The van der Waals surface area contributed by atoms with E-state index < -0.39 is 23.7 Å². The van der Waals surface area contributed by atoms with E-state index >= 15 is 0 Å². The van der Waals surface area contributed by atoms with Crippen molar-refractivity contribution in [2.75, 3.05) is 0 Å². The first-order chi connectivity index (χ1) is 12.7. The van der Waals surface area contributed by atoms with Gasteiger partial charge in [-0.3, -0.25) is 9.59 Å². The number of carbonyl (C=O) groups is 3. The summed E-state index contributed by atoms with van der Waals surface area (Å²) in [5.41, 5.74) is 2.78. The first-order valence-corrected chi connectivity index (χ1v) is 8.97. The number of carbonyl (C=O) groups excluding carboxylic acids is 3. The number of fused-ring (bicyclic) bond motifs is 1. The summed E-state index contributed by atoms with van der Waals surface area (Å²) >= 11 is 0. The molecule has 27 heavy (non-hydrogen) atoms. The molecule has 0 aromatic heterocycles. The highest BCUT2D eigenvalue weighted by molar-refractivity contribution is 6.20. The van der Waals surface area contributed by atoms with E-state index in [1.165, 1.54) is 5.56 Å². The molecule has 0 spiro atoms. The van der Waals surface area contributed by atoms with Crippen LogP contribution < -0.4 is 0 Å². The van der Waals surface area contributed by atoms with Gasteiger partial charge in [-0.25, -0.2) is 4.79 Å². The molecule has 1 aliphatic heterocycles. The quantitative estimate of drug-likeness (QED) is 0.771. The number of imide groups is 1. The minimum Gasteiger partial charge on any atom is -0.329 e. The first-order valence-electron chi connectivity index (χ1n) is 8.97. The predicted octanol–water partition coefficient (Wildman–Crippen LogP) is 3.92. The third-order valence-electron chi connectivity index (χ3n) is 4.70. The summed E-state index contributed by atoms with van der Waals surface area (Å²) in [6.45, 7) is 8.15. The highest BCUT2D eigenvalue weighted by Crippen LogP contribution is 2.25. The van der Waals surface area contributed by atoms with Crippen molar-refractivity contribution >= 4 is 17.8 Å². The minimum absolute atomic E-state index is 0.0640. The molecule has 1 aliphatic rings. The summed E-state index contributed by atoms with van der Waals surface area (Å²) < 4.78 is 0. The van der Waals surface area contributed by atoms with Crippen LogP contribution in [-0.2, 0) is 21.5 Å². The maximum Gasteiger partial charge on any atom is 0.336 e. The molecule has 1 unspecified atom stereocenters. The average Bonchev–Trinajstić information content (AvgIpc) is 2.86. The Kier molecular flexibility index (Phi) is 4.87. The van der Waals surface area contributed by atoms with Crippen LogP contribution in [0.3, 0.4) is 0 Å². The number of hydrogen-bond acceptors (Lipinski definition) is 4. The molecule has 0 bridgehead atoms. The Morgan fingerprint density at radius 3 is 1.96 bits per heavy atom. The second-order valence-corrected chi connectivity index (χ2v) is 7.91. The Morgan fingerprint density at radius 1 is 0.963 bits per heavy atom. The monoisotopic (exact) mass is 365 g/mol. The Morgan fingerprint density at radius 2 is 1.48 bits per heavy atom. The van der Waals surface area contributed by atoms with Crippen molar-refractivity contribution in [1.82, 2.24) is 5.06 Å². The largest absolute Gasteiger partial charge is 0.336 e. The molecule has 0 radical (unpaired) electrons. The van der Waals surface area contributed by atoms with E-state index in [1.54, 1.807) is 31.2 Å². The first kappa shape index (κ1) is 18.8. The maximum atomic E-state index is 12.4. The zero-order chi connectivity index (χ0) is 19.8. The highest BCUT2D eigenvalue weighted by atomic mass is 16.7. The molecule has 0 fully saturated rings. The lowest BCUT2D eigenvalue weighted by atomic mass is 9.86. The molecule has 0 saturated carbocycles. The smallest absolute Gasteiger partial charge is 0.329 e. The standard InChI is InChI=1S/C22H23NO4/c1-14(13-15-9-11-16(12-10-15)22(2,3)4)21(26)27-23-19(24)17-7-5-6-8-18(17)20(23)25/h5-12,14H,13H2,1-4H3. The van der Waals surface area contributed by atoms with Crippen molar-refractivity contribution in [3.05, 3.63) is 70.8 Å². The van der Waals surface area contributed by atoms with E-state index in [0.717, 1.165) is 5.56 Å². The molecule has 3 rings (SSSR count). The molecule has 1 heterocycles. The van der Waals surface area contributed by atoms with Gasteiger partial charge in [0.1, 0.15) is 0 Å². The number of benzene rings is 2. The third-order valence-corrected chi connectivity index (χ3v) is 4.70. The second-order valence-electron chi connectivity index (χ2n) is 7.91. The van der Waals surface area contributed by atoms with Crippen molar-refractivity contribution in [2.45, 2.75) is 39.5 Å². The lowest BCUT2D eigenvalue weighted by molar-refractivity contribution is -0.173. The van der Waals surface area contributed by atoms with Crippen molar-refractivity contribution in [2.24, 2.45) is 5.92 Å². The second kappa shape index (κ2) is 6.99. The normalized spacial score (nSPS) is 14.9. The van der Waals surface area contributed by atoms with Crippen molar-refractivity contribution in [3.63, 3.8) is 0 Å². The lowest BCUT2D eigenvalue weighted by Gasteiger charge is -2.20. The van der Waals surface area contributed by atoms with Crippen LogP contribution in [0.2, 0.25) is 0 Å². The number of rotatable bonds is 4. The molecule has 5 heteroatoms. The van der Waals surface area contributed by atoms with Crippen molar-refractivity contribution in [1.29, 1.82) is 0 Å². The fraction of sp³-hybridized carbons (Fsp3) is 0.318. The van der Waals surface area contributed by atoms with Gasteiger partial charge in [0.25, 0.3) is 11.8 Å². The highest BCUT2D eigenvalue weighted by Gasteiger charge is 2.39. The van der Waals surface area contributed by atoms with Gasteiger partial charge in [-0.15, -0.1) is 0 Å². The summed E-state index contributed by atoms with van der Waals surface area (Å²) in [6.07, 6.45) is 0.465. The number of hydrogen-bond donors (Lipinski definition) is 0. The molecule has 0 aliphatic carbocycles. The van der Waals surface area contributed by atoms with E-state index in [2.05, 4.69) is 32.9 Å². The van der Waals surface area contributed by atoms with Crippen LogP contribution in [0, 0.1) is 5.92 Å². The fourth-order valence-corrected chi connectivity index (χ4v) is 3.01. The summed E-state index contributed by atoms with van der Waals surface area (Å²) in [4.78, 5) is 42.1. The lowest BCUT2D eigenvalue weighted by Crippen LogP contribution is -2.35. The van der Waals surface area contributed by atoms with Gasteiger partial charge >= 0.3 is 5.97 Å². The van der Waals surface area contributed by atoms with Crippen LogP contribution >= 0.6 is 0 Å². The van der Waals surface area contributed by atoms with E-state index in [4.69, 9.17) is 4.84 Å². The Balaban J connectivity index is 1.65. The molecular formula is C22H23NO4. The third kappa shape index (κ3) is 3.77. The molecule has 1 atom stereocenters. The summed E-state index contributed by atoms with van der Waals surface area (Å²) in [5.74, 6) is -2.31. The summed E-state index contributed by atoms with van der Waals surface area (Å²) in [5, 5.41) is 0.562. The zero-order valence-electron chi connectivity index (χ0n) is 16.0. The molecule has 0 N–H and O–H groups in total. The Hall–Kier alpha value is -2.95.